The second-order valence-electron chi connectivity index (χ2n) is 8.72. The first-order valence-electron chi connectivity index (χ1n) is 11.0. The number of methoxy groups -OCH3 is 2. The molecule has 1 fully saturated rings. The molecule has 2 aliphatic rings. The lowest BCUT2D eigenvalue weighted by Crippen LogP contribution is -2.69. The quantitative estimate of drug-likeness (QED) is 0.702. The van der Waals surface area contributed by atoms with Gasteiger partial charge in [-0.2, -0.15) is 0 Å². The van der Waals surface area contributed by atoms with Crippen molar-refractivity contribution in [2.75, 3.05) is 53.6 Å². The molecule has 174 valence electrons. The summed E-state index contributed by atoms with van der Waals surface area (Å²) < 4.78 is 12.5. The molecule has 2 N–H and O–H groups in total. The molecule has 0 unspecified atom stereocenters. The van der Waals surface area contributed by atoms with Crippen LogP contribution in [-0.4, -0.2) is 85.0 Å². The molecule has 2 aromatic rings. The third kappa shape index (κ3) is 3.40. The van der Waals surface area contributed by atoms with Crippen LogP contribution in [0, 0.1) is 0 Å². The topological polar surface area (TPSA) is 96.3 Å². The van der Waals surface area contributed by atoms with Crippen LogP contribution in [0.5, 0.6) is 5.75 Å². The number of aliphatic hydroxyl groups excluding tert-OH is 1. The van der Waals surface area contributed by atoms with E-state index in [0.29, 0.717) is 26.2 Å². The van der Waals surface area contributed by atoms with Gasteiger partial charge in [0, 0.05) is 57.5 Å². The molecule has 1 aromatic heterocycles. The number of hydrogen-bond acceptors (Lipinski definition) is 5. The van der Waals surface area contributed by atoms with Gasteiger partial charge in [0.25, 0.3) is 0 Å². The van der Waals surface area contributed by atoms with Gasteiger partial charge in [-0.05, 0) is 24.1 Å². The Bertz CT molecular complexity index is 1030. The van der Waals surface area contributed by atoms with Crippen molar-refractivity contribution >= 4 is 22.8 Å². The summed E-state index contributed by atoms with van der Waals surface area (Å²) in [5, 5.41) is 14.4. The van der Waals surface area contributed by atoms with Gasteiger partial charge < -0.3 is 34.3 Å². The van der Waals surface area contributed by atoms with E-state index in [-0.39, 0.29) is 25.2 Å². The molecule has 0 radical (unpaired) electrons. The van der Waals surface area contributed by atoms with Crippen molar-refractivity contribution in [3.05, 3.63) is 29.5 Å². The maximum atomic E-state index is 13.1. The molecular weight excluding hydrogens is 412 g/mol. The van der Waals surface area contributed by atoms with E-state index in [1.54, 1.807) is 16.9 Å². The van der Waals surface area contributed by atoms with Gasteiger partial charge in [0.2, 0.25) is 5.91 Å². The highest BCUT2D eigenvalue weighted by molar-refractivity contribution is 5.90. The SMILES string of the molecule is CCCNC(=O)N1CC2(CN(C(=O)COC)C2)c2c(n(C)c3cc(OC)ccc23)[C@@H]1CO. The Kier molecular flexibility index (Phi) is 6.05. The zero-order chi connectivity index (χ0) is 23.0. The van der Waals surface area contributed by atoms with Gasteiger partial charge in [0.1, 0.15) is 12.4 Å². The Balaban J connectivity index is 1.84. The number of carbonyl (C=O) groups is 2. The van der Waals surface area contributed by atoms with E-state index in [0.717, 1.165) is 34.3 Å². The van der Waals surface area contributed by atoms with Crippen molar-refractivity contribution in [3.63, 3.8) is 0 Å². The number of fused-ring (bicyclic) bond motifs is 4. The molecule has 32 heavy (non-hydrogen) atoms. The van der Waals surface area contributed by atoms with Crippen molar-refractivity contribution in [2.24, 2.45) is 7.05 Å². The van der Waals surface area contributed by atoms with Gasteiger partial charge in [-0.3, -0.25) is 4.79 Å². The second kappa shape index (κ2) is 8.63. The first kappa shape index (κ1) is 22.4. The number of hydrogen-bond donors (Lipinski definition) is 2. The third-order valence-corrected chi connectivity index (χ3v) is 6.72. The summed E-state index contributed by atoms with van der Waals surface area (Å²) in [6, 6.07) is 5.27. The highest BCUT2D eigenvalue weighted by Gasteiger charge is 2.55. The molecule has 1 spiro atoms. The number of rotatable bonds is 6. The van der Waals surface area contributed by atoms with Crippen molar-refractivity contribution in [1.29, 1.82) is 0 Å². The number of benzene rings is 1. The highest BCUT2D eigenvalue weighted by Crippen LogP contribution is 2.49. The van der Waals surface area contributed by atoms with E-state index in [9.17, 15) is 14.7 Å². The molecule has 1 atom stereocenters. The monoisotopic (exact) mass is 444 g/mol. The van der Waals surface area contributed by atoms with Crippen LogP contribution in [0.1, 0.15) is 30.6 Å². The van der Waals surface area contributed by atoms with Crippen LogP contribution in [0.25, 0.3) is 10.9 Å². The summed E-state index contributed by atoms with van der Waals surface area (Å²) in [6.07, 6.45) is 0.826. The molecule has 3 amide bonds. The van der Waals surface area contributed by atoms with E-state index in [1.165, 1.54) is 7.11 Å². The lowest BCUT2D eigenvalue weighted by molar-refractivity contribution is -0.144. The third-order valence-electron chi connectivity index (χ3n) is 6.72. The standard InChI is InChI=1S/C23H32N4O5/c1-5-8-24-22(30)27-14-23(12-26(13-23)19(29)11-31-3)20-16-7-6-15(32-4)9-17(16)25(2)21(20)18(27)10-28/h6-7,9,18,28H,5,8,10-14H2,1-4H3,(H,24,30)/t18-/m0/s1. The van der Waals surface area contributed by atoms with Crippen LogP contribution in [0.4, 0.5) is 4.79 Å². The summed E-state index contributed by atoms with van der Waals surface area (Å²) in [5.74, 6) is 0.681. The molecule has 9 heteroatoms. The molecule has 0 aliphatic carbocycles. The summed E-state index contributed by atoms with van der Waals surface area (Å²) in [7, 11) is 5.10. The minimum Gasteiger partial charge on any atom is -0.497 e. The minimum atomic E-state index is -0.473. The number of amides is 3. The fourth-order valence-corrected chi connectivity index (χ4v) is 5.24. The maximum absolute atomic E-state index is 13.1. The van der Waals surface area contributed by atoms with Crippen molar-refractivity contribution in [2.45, 2.75) is 24.8 Å². The predicted molar refractivity (Wildman–Crippen MR) is 120 cm³/mol. The van der Waals surface area contributed by atoms with Crippen LogP contribution >= 0.6 is 0 Å². The number of likely N-dealkylation sites (tertiary alicyclic amines) is 1. The van der Waals surface area contributed by atoms with Gasteiger partial charge in [0.05, 0.1) is 30.7 Å². The van der Waals surface area contributed by atoms with E-state index in [4.69, 9.17) is 9.47 Å². The molecule has 3 heterocycles. The Morgan fingerprint density at radius 2 is 2.00 bits per heavy atom. The molecule has 0 saturated carbocycles. The largest absolute Gasteiger partial charge is 0.497 e. The van der Waals surface area contributed by atoms with Crippen LogP contribution in [-0.2, 0) is 22.0 Å². The van der Waals surface area contributed by atoms with Gasteiger partial charge in [0.15, 0.2) is 0 Å². The first-order valence-corrected chi connectivity index (χ1v) is 11.0. The summed E-state index contributed by atoms with van der Waals surface area (Å²) in [4.78, 5) is 29.0. The first-order chi connectivity index (χ1) is 15.4. The molecule has 1 aromatic carbocycles. The van der Waals surface area contributed by atoms with E-state index < -0.39 is 11.5 Å². The van der Waals surface area contributed by atoms with Gasteiger partial charge >= 0.3 is 6.03 Å². The van der Waals surface area contributed by atoms with Gasteiger partial charge in [-0.15, -0.1) is 0 Å². The minimum absolute atomic E-state index is 0.0373. The van der Waals surface area contributed by atoms with Crippen LogP contribution in [0.3, 0.4) is 0 Å². The molecular formula is C23H32N4O5. The summed E-state index contributed by atoms with van der Waals surface area (Å²) in [5.41, 5.74) is 2.59. The highest BCUT2D eigenvalue weighted by atomic mass is 16.5. The van der Waals surface area contributed by atoms with Crippen molar-refractivity contribution in [1.82, 2.24) is 19.7 Å². The van der Waals surface area contributed by atoms with Crippen LogP contribution in [0.2, 0.25) is 0 Å². The lowest BCUT2D eigenvalue weighted by Gasteiger charge is -2.56. The average Bonchev–Trinajstić information content (AvgIpc) is 3.07. The Morgan fingerprint density at radius 3 is 2.62 bits per heavy atom. The van der Waals surface area contributed by atoms with Crippen molar-refractivity contribution < 1.29 is 24.2 Å². The number of aromatic nitrogens is 1. The number of urea groups is 1. The van der Waals surface area contributed by atoms with Gasteiger partial charge in [-0.25, -0.2) is 4.79 Å². The Labute approximate surface area is 187 Å². The maximum Gasteiger partial charge on any atom is 0.318 e. The molecule has 0 bridgehead atoms. The summed E-state index contributed by atoms with van der Waals surface area (Å²) in [6.45, 7) is 3.86. The zero-order valence-electron chi connectivity index (χ0n) is 19.2. The Morgan fingerprint density at radius 1 is 1.25 bits per heavy atom. The number of aryl methyl sites for hydroxylation is 1. The zero-order valence-corrected chi connectivity index (χ0v) is 19.2. The number of aliphatic hydroxyl groups is 1. The molecule has 1 saturated heterocycles. The van der Waals surface area contributed by atoms with E-state index >= 15 is 0 Å². The molecule has 2 aliphatic heterocycles. The molecule has 4 rings (SSSR count). The van der Waals surface area contributed by atoms with Crippen LogP contribution in [0.15, 0.2) is 18.2 Å². The lowest BCUT2D eigenvalue weighted by atomic mass is 9.68. The molecule has 9 nitrogen and oxygen atoms in total. The van der Waals surface area contributed by atoms with Gasteiger partial charge in [-0.1, -0.05) is 6.92 Å². The van der Waals surface area contributed by atoms with E-state index in [1.807, 2.05) is 32.2 Å². The average molecular weight is 445 g/mol. The second-order valence-corrected chi connectivity index (χ2v) is 8.72. The van der Waals surface area contributed by atoms with Crippen molar-refractivity contribution in [3.8, 4) is 5.75 Å². The predicted octanol–water partition coefficient (Wildman–Crippen LogP) is 1.38. The summed E-state index contributed by atoms with van der Waals surface area (Å²) >= 11 is 0. The fourth-order valence-electron chi connectivity index (χ4n) is 5.24. The fraction of sp³-hybridized carbons (Fsp3) is 0.565. The number of carbonyl (C=O) groups excluding carboxylic acids is 2. The Hall–Kier alpha value is -2.78. The number of ether oxygens (including phenoxy) is 2. The number of nitrogens with zero attached hydrogens (tertiary/aromatic N) is 3. The normalized spacial score (nSPS) is 19.1. The van der Waals surface area contributed by atoms with Crippen LogP contribution < -0.4 is 10.1 Å². The smallest absolute Gasteiger partial charge is 0.318 e. The number of nitrogens with one attached hydrogen (secondary N) is 1. The van der Waals surface area contributed by atoms with E-state index in [2.05, 4.69) is 9.88 Å².